The van der Waals surface area contributed by atoms with E-state index in [0.29, 0.717) is 58.7 Å². The van der Waals surface area contributed by atoms with Gasteiger partial charge in [0.1, 0.15) is 5.82 Å². The van der Waals surface area contributed by atoms with Crippen molar-refractivity contribution in [1.29, 1.82) is 0 Å². The molecule has 238 valence electrons. The molecule has 13 heteroatoms. The quantitative estimate of drug-likeness (QED) is 0.201. The molecule has 0 saturated carbocycles. The van der Waals surface area contributed by atoms with Crippen LogP contribution < -0.4 is 21.1 Å². The molecule has 6 N–H and O–H groups in total. The average molecular weight is 647 g/mol. The van der Waals surface area contributed by atoms with Gasteiger partial charge in [-0.05, 0) is 69.4 Å². The first-order valence-corrected chi connectivity index (χ1v) is 16.9. The molecule has 0 radical (unpaired) electrons. The summed E-state index contributed by atoms with van der Waals surface area (Å²) in [6.07, 6.45) is 5.33. The van der Waals surface area contributed by atoms with Gasteiger partial charge in [0, 0.05) is 41.4 Å². The van der Waals surface area contributed by atoms with Gasteiger partial charge in [-0.1, -0.05) is 29.8 Å². The highest BCUT2D eigenvalue weighted by atomic mass is 35.5. The van der Waals surface area contributed by atoms with Crippen LogP contribution in [0.5, 0.6) is 5.88 Å². The number of anilines is 1. The van der Waals surface area contributed by atoms with Gasteiger partial charge in [0.25, 0.3) is 0 Å². The van der Waals surface area contributed by atoms with Gasteiger partial charge in [-0.3, -0.25) is 18.9 Å². The lowest BCUT2D eigenvalue weighted by molar-refractivity contribution is -0.117. The van der Waals surface area contributed by atoms with Gasteiger partial charge in [-0.25, -0.2) is 13.7 Å². The van der Waals surface area contributed by atoms with Crippen LogP contribution in [0.4, 0.5) is 10.1 Å². The summed E-state index contributed by atoms with van der Waals surface area (Å²) >= 11 is 6.13. The second-order valence-corrected chi connectivity index (χ2v) is 14.2. The Morgan fingerprint density at radius 1 is 1.23 bits per heavy atom. The third-order valence-electron chi connectivity index (χ3n) is 8.11. The number of nitrogens with two attached hydrogens (primary N) is 1. The minimum absolute atomic E-state index is 0.0811. The Hall–Kier alpha value is -2.84. The minimum Gasteiger partial charge on any atom is -0.474 e. The van der Waals surface area contributed by atoms with Crippen molar-refractivity contribution in [3.8, 4) is 5.88 Å². The van der Waals surface area contributed by atoms with Crippen LogP contribution in [0.25, 0.3) is 0 Å². The lowest BCUT2D eigenvalue weighted by atomic mass is 9.88. The molecule has 1 unspecified atom stereocenters. The summed E-state index contributed by atoms with van der Waals surface area (Å²) in [4.78, 5) is 22.5. The van der Waals surface area contributed by atoms with Crippen LogP contribution in [0.15, 0.2) is 54.9 Å². The molecule has 0 spiro atoms. The molecular formula is C31H40ClFN6O4S. The summed E-state index contributed by atoms with van der Waals surface area (Å²) < 4.78 is 44.2. The van der Waals surface area contributed by atoms with E-state index in [1.807, 2.05) is 13.8 Å². The maximum absolute atomic E-state index is 15.2. The van der Waals surface area contributed by atoms with Crippen molar-refractivity contribution in [2.75, 3.05) is 24.2 Å². The van der Waals surface area contributed by atoms with E-state index in [4.69, 9.17) is 22.1 Å². The number of nitrogens with one attached hydrogen (secondary N) is 2. The molecular weight excluding hydrogens is 607 g/mol. The van der Waals surface area contributed by atoms with Crippen molar-refractivity contribution in [1.82, 2.24) is 19.6 Å². The first kappa shape index (κ1) is 32.6. The van der Waals surface area contributed by atoms with Gasteiger partial charge in [-0.15, -0.1) is 10.8 Å². The number of rotatable bonds is 10. The molecule has 5 atom stereocenters. The molecule has 10 nitrogen and oxygen atoms in total. The van der Waals surface area contributed by atoms with Crippen molar-refractivity contribution in [3.05, 3.63) is 82.5 Å². The number of carbonyl (C=O) groups is 1. The molecule has 1 amide bonds. The topological polar surface area (TPSA) is 146 Å². The number of fused-ring (bicyclic) bond motifs is 2. The van der Waals surface area contributed by atoms with E-state index < -0.39 is 34.5 Å². The lowest BCUT2D eigenvalue weighted by Gasteiger charge is -2.49. The summed E-state index contributed by atoms with van der Waals surface area (Å²) in [7, 11) is -2.88. The Balaban J connectivity index is 1.35. The van der Waals surface area contributed by atoms with E-state index >= 15 is 4.39 Å². The number of carbonyl (C=O) groups excluding carboxylic acids is 1. The number of amides is 1. The second kappa shape index (κ2) is 14.1. The second-order valence-electron chi connectivity index (χ2n) is 11.6. The van der Waals surface area contributed by atoms with E-state index in [-0.39, 0.29) is 24.6 Å². The smallest absolute Gasteiger partial charge is 0.242 e. The number of nitrogens with zero attached hydrogens (tertiary/aromatic N) is 3. The third kappa shape index (κ3) is 7.68. The Labute approximate surface area is 264 Å². The van der Waals surface area contributed by atoms with Crippen molar-refractivity contribution in [2.24, 2.45) is 5.73 Å². The number of ether oxygens (including phenoxy) is 1. The maximum Gasteiger partial charge on any atom is 0.242 e. The molecule has 3 aromatic rings. The number of aromatic nitrogens is 2. The van der Waals surface area contributed by atoms with Crippen molar-refractivity contribution in [3.63, 3.8) is 0 Å². The number of hydrogen-bond donors (Lipinski definition) is 5. The van der Waals surface area contributed by atoms with E-state index in [0.717, 1.165) is 12.8 Å². The fourth-order valence-electron chi connectivity index (χ4n) is 5.90. The molecule has 44 heavy (non-hydrogen) atoms. The average Bonchev–Trinajstić information content (AvgIpc) is 3.10. The van der Waals surface area contributed by atoms with Gasteiger partial charge < -0.3 is 21.1 Å². The molecule has 2 aliphatic rings. The number of halogens is 2. The predicted octanol–water partition coefficient (Wildman–Crippen LogP) is 5.19. The zero-order valence-corrected chi connectivity index (χ0v) is 26.4. The maximum atomic E-state index is 15.2. The summed E-state index contributed by atoms with van der Waals surface area (Å²) in [5, 5.41) is 6.88. The Kier molecular flexibility index (Phi) is 10.4. The van der Waals surface area contributed by atoms with E-state index in [2.05, 4.69) is 20.6 Å². The Morgan fingerprint density at radius 3 is 2.70 bits per heavy atom. The van der Waals surface area contributed by atoms with Gasteiger partial charge >= 0.3 is 0 Å². The van der Waals surface area contributed by atoms with Crippen LogP contribution in [-0.2, 0) is 11.2 Å². The SMILES string of the molecule is CC(C)Oc1cnc([C@H](c2ccc(Cl)cc2)[C@H](N)C(=O)Nc2cccc(F)c2CC[C@H]2CN[C@@H]3CCCS(O)(O)N2C3)cn1. The molecule has 1 aromatic heterocycles. The normalized spacial score (nSPS) is 23.3. The van der Waals surface area contributed by atoms with Gasteiger partial charge in [0.15, 0.2) is 0 Å². The zero-order valence-electron chi connectivity index (χ0n) is 24.8. The van der Waals surface area contributed by atoms with Crippen LogP contribution in [0.3, 0.4) is 0 Å². The third-order valence-corrected chi connectivity index (χ3v) is 10.4. The molecule has 2 fully saturated rings. The monoisotopic (exact) mass is 646 g/mol. The Bertz CT molecular complexity index is 1430. The summed E-state index contributed by atoms with van der Waals surface area (Å²) in [6, 6.07) is 10.4. The van der Waals surface area contributed by atoms with Crippen LogP contribution in [-0.4, -0.2) is 72.4 Å². The van der Waals surface area contributed by atoms with E-state index in [1.165, 1.54) is 24.5 Å². The van der Waals surface area contributed by atoms with Crippen molar-refractivity contribution in [2.45, 2.75) is 69.7 Å². The van der Waals surface area contributed by atoms with E-state index in [9.17, 15) is 13.9 Å². The number of benzene rings is 2. The van der Waals surface area contributed by atoms with Gasteiger partial charge in [0.2, 0.25) is 11.8 Å². The molecule has 0 aliphatic carbocycles. The van der Waals surface area contributed by atoms with Gasteiger partial charge in [0.05, 0.1) is 41.9 Å². The highest BCUT2D eigenvalue weighted by Crippen LogP contribution is 2.49. The lowest BCUT2D eigenvalue weighted by Crippen LogP contribution is -2.55. The minimum atomic E-state index is -2.88. The molecule has 2 aromatic carbocycles. The van der Waals surface area contributed by atoms with Crippen LogP contribution in [0.1, 0.15) is 55.8 Å². The molecule has 3 heterocycles. The summed E-state index contributed by atoms with van der Waals surface area (Å²) in [5.41, 5.74) is 8.43. The zero-order chi connectivity index (χ0) is 31.4. The summed E-state index contributed by atoms with van der Waals surface area (Å²) in [5.74, 6) is -0.968. The first-order chi connectivity index (χ1) is 21.0. The van der Waals surface area contributed by atoms with E-state index in [1.54, 1.807) is 34.6 Å². The highest BCUT2D eigenvalue weighted by Gasteiger charge is 2.38. The van der Waals surface area contributed by atoms with Crippen molar-refractivity contribution < 1.29 is 23.0 Å². The highest BCUT2D eigenvalue weighted by molar-refractivity contribution is 8.22. The number of piperazine rings is 1. The fraction of sp³-hybridized carbons (Fsp3) is 0.452. The van der Waals surface area contributed by atoms with Gasteiger partial charge in [-0.2, -0.15) is 0 Å². The largest absolute Gasteiger partial charge is 0.474 e. The molecule has 5 rings (SSSR count). The molecule has 2 bridgehead atoms. The predicted molar refractivity (Wildman–Crippen MR) is 172 cm³/mol. The van der Waals surface area contributed by atoms with Crippen molar-refractivity contribution >= 4 is 34.0 Å². The fourth-order valence-corrected chi connectivity index (χ4v) is 7.89. The molecule has 2 saturated heterocycles. The standard InChI is InChI=1S/C31H40ClFN6O4S/c1-19(2)43-28-17-36-27(16-37-28)29(20-8-10-21(32)11-9-20)30(34)31(40)38-26-7-3-6-25(33)24(26)13-12-23-15-35-22-5-4-14-44(41,42)39(23)18-22/h3,6-11,16-17,19,22-23,29-30,35,41-42H,4-5,12-15,18,34H2,1-2H3,(H,38,40)/t22-,23+,29+,30+/m1/s1. The van der Waals surface area contributed by atoms with Crippen LogP contribution in [0, 0.1) is 5.82 Å². The molecule has 2 aliphatic heterocycles. The Morgan fingerprint density at radius 2 is 2.00 bits per heavy atom. The van der Waals surface area contributed by atoms with Crippen LogP contribution in [0.2, 0.25) is 5.02 Å². The first-order valence-electron chi connectivity index (χ1n) is 14.9. The number of hydrogen-bond acceptors (Lipinski definition) is 9. The summed E-state index contributed by atoms with van der Waals surface area (Å²) in [6.45, 7) is 4.89. The van der Waals surface area contributed by atoms with Crippen LogP contribution >= 0.6 is 22.4 Å².